The van der Waals surface area contributed by atoms with Crippen LogP contribution in [0.4, 0.5) is 0 Å². The minimum absolute atomic E-state index is 0.0322. The summed E-state index contributed by atoms with van der Waals surface area (Å²) in [7, 11) is -1.98. The van der Waals surface area contributed by atoms with Gasteiger partial charge in [0.25, 0.3) is 0 Å². The standard InChI is InChI=1S/C13H19BrN2O3S/c1-9-8-15-6-5-12(9)16-20(17,18)13-4-3-10(19-2)7-11(13)14/h3-4,7,9,12,15-16H,5-6,8H2,1-2H3. The van der Waals surface area contributed by atoms with E-state index in [1.54, 1.807) is 25.3 Å². The summed E-state index contributed by atoms with van der Waals surface area (Å²) in [5.74, 6) is 0.890. The molecule has 7 heteroatoms. The minimum Gasteiger partial charge on any atom is -0.497 e. The summed E-state index contributed by atoms with van der Waals surface area (Å²) in [5.41, 5.74) is 0. The van der Waals surface area contributed by atoms with Crippen molar-refractivity contribution < 1.29 is 13.2 Å². The largest absolute Gasteiger partial charge is 0.497 e. The molecule has 0 saturated carbocycles. The third kappa shape index (κ3) is 3.52. The van der Waals surface area contributed by atoms with Gasteiger partial charge in [-0.25, -0.2) is 13.1 Å². The zero-order chi connectivity index (χ0) is 14.8. The van der Waals surface area contributed by atoms with Gasteiger partial charge in [0.05, 0.1) is 12.0 Å². The van der Waals surface area contributed by atoms with E-state index in [9.17, 15) is 8.42 Å². The first-order valence-electron chi connectivity index (χ1n) is 6.50. The molecule has 112 valence electrons. The van der Waals surface area contributed by atoms with Gasteiger partial charge in [-0.2, -0.15) is 0 Å². The summed E-state index contributed by atoms with van der Waals surface area (Å²) in [5, 5.41) is 3.26. The van der Waals surface area contributed by atoms with Crippen LogP contribution in [0, 0.1) is 5.92 Å². The molecule has 0 radical (unpaired) electrons. The molecule has 0 spiro atoms. The molecule has 2 unspecified atom stereocenters. The molecule has 2 atom stereocenters. The maximum Gasteiger partial charge on any atom is 0.241 e. The van der Waals surface area contributed by atoms with Crippen LogP contribution in [0.15, 0.2) is 27.6 Å². The van der Waals surface area contributed by atoms with Gasteiger partial charge < -0.3 is 10.1 Å². The second-order valence-electron chi connectivity index (χ2n) is 4.99. The monoisotopic (exact) mass is 362 g/mol. The molecular formula is C13H19BrN2O3S. The number of piperidine rings is 1. The number of hydrogen-bond donors (Lipinski definition) is 2. The lowest BCUT2D eigenvalue weighted by atomic mass is 9.97. The molecule has 0 aliphatic carbocycles. The number of rotatable bonds is 4. The van der Waals surface area contributed by atoms with Crippen LogP contribution in [0.5, 0.6) is 5.75 Å². The highest BCUT2D eigenvalue weighted by molar-refractivity contribution is 9.10. The van der Waals surface area contributed by atoms with E-state index < -0.39 is 10.0 Å². The van der Waals surface area contributed by atoms with Crippen molar-refractivity contribution in [3.8, 4) is 5.75 Å². The number of sulfonamides is 1. The van der Waals surface area contributed by atoms with Crippen LogP contribution < -0.4 is 14.8 Å². The third-order valence-corrected chi connectivity index (χ3v) is 5.99. The van der Waals surface area contributed by atoms with Gasteiger partial charge in [-0.1, -0.05) is 6.92 Å². The van der Waals surface area contributed by atoms with Crippen LogP contribution in [0.2, 0.25) is 0 Å². The van der Waals surface area contributed by atoms with Crippen molar-refractivity contribution in [2.75, 3.05) is 20.2 Å². The average molecular weight is 363 g/mol. The van der Waals surface area contributed by atoms with Crippen LogP contribution in [0.25, 0.3) is 0 Å². The van der Waals surface area contributed by atoms with Crippen molar-refractivity contribution in [3.63, 3.8) is 0 Å². The van der Waals surface area contributed by atoms with Crippen LogP contribution in [0.1, 0.15) is 13.3 Å². The highest BCUT2D eigenvalue weighted by Crippen LogP contribution is 2.27. The number of methoxy groups -OCH3 is 1. The summed E-state index contributed by atoms with van der Waals surface area (Å²) in [6.07, 6.45) is 0.800. The van der Waals surface area contributed by atoms with Gasteiger partial charge in [-0.15, -0.1) is 0 Å². The fourth-order valence-corrected chi connectivity index (χ4v) is 4.71. The first-order chi connectivity index (χ1) is 9.44. The van der Waals surface area contributed by atoms with Gasteiger partial charge in [-0.3, -0.25) is 0 Å². The number of ether oxygens (including phenoxy) is 1. The summed E-state index contributed by atoms with van der Waals surface area (Å²) in [4.78, 5) is 0.240. The SMILES string of the molecule is COc1ccc(S(=O)(=O)NC2CCNCC2C)c(Br)c1. The number of hydrogen-bond acceptors (Lipinski definition) is 4. The van der Waals surface area contributed by atoms with E-state index >= 15 is 0 Å². The first kappa shape index (κ1) is 15.8. The van der Waals surface area contributed by atoms with Crippen molar-refractivity contribution in [2.24, 2.45) is 5.92 Å². The lowest BCUT2D eigenvalue weighted by Crippen LogP contribution is -2.48. The van der Waals surface area contributed by atoms with Crippen molar-refractivity contribution in [1.82, 2.24) is 10.0 Å². The maximum absolute atomic E-state index is 12.5. The normalized spacial score (nSPS) is 23.6. The number of nitrogens with one attached hydrogen (secondary N) is 2. The Bertz CT molecular complexity index is 577. The molecule has 0 aromatic heterocycles. The second-order valence-corrected chi connectivity index (χ2v) is 7.53. The molecule has 1 aliphatic rings. The van der Waals surface area contributed by atoms with E-state index in [0.717, 1.165) is 19.5 Å². The Labute approximate surface area is 128 Å². The van der Waals surface area contributed by atoms with E-state index in [2.05, 4.69) is 26.0 Å². The molecule has 1 heterocycles. The fourth-order valence-electron chi connectivity index (χ4n) is 2.28. The smallest absolute Gasteiger partial charge is 0.241 e. The summed E-state index contributed by atoms with van der Waals surface area (Å²) in [6.45, 7) is 3.71. The van der Waals surface area contributed by atoms with Gasteiger partial charge in [0.1, 0.15) is 5.75 Å². The van der Waals surface area contributed by atoms with Crippen LogP contribution in [0.3, 0.4) is 0 Å². The molecule has 2 N–H and O–H groups in total. The van der Waals surface area contributed by atoms with Gasteiger partial charge >= 0.3 is 0 Å². The average Bonchev–Trinajstić information content (AvgIpc) is 2.40. The molecule has 2 rings (SSSR count). The lowest BCUT2D eigenvalue weighted by Gasteiger charge is -2.30. The summed E-state index contributed by atoms with van der Waals surface area (Å²) in [6, 6.07) is 4.82. The lowest BCUT2D eigenvalue weighted by molar-refractivity contribution is 0.328. The topological polar surface area (TPSA) is 67.4 Å². The third-order valence-electron chi connectivity index (χ3n) is 3.52. The number of benzene rings is 1. The van der Waals surface area contributed by atoms with Crippen molar-refractivity contribution >= 4 is 26.0 Å². The quantitative estimate of drug-likeness (QED) is 0.855. The predicted octanol–water partition coefficient (Wildman–Crippen LogP) is 1.73. The molecule has 0 bridgehead atoms. The van der Waals surface area contributed by atoms with Gasteiger partial charge in [0, 0.05) is 10.5 Å². The van der Waals surface area contributed by atoms with Crippen molar-refractivity contribution in [1.29, 1.82) is 0 Å². The van der Waals surface area contributed by atoms with E-state index in [-0.39, 0.29) is 16.9 Å². The zero-order valence-corrected chi connectivity index (χ0v) is 13.9. The first-order valence-corrected chi connectivity index (χ1v) is 8.78. The van der Waals surface area contributed by atoms with Crippen molar-refractivity contribution in [2.45, 2.75) is 24.3 Å². The molecule has 0 amide bonds. The molecule has 20 heavy (non-hydrogen) atoms. The molecular weight excluding hydrogens is 344 g/mol. The number of halogens is 1. The molecule has 1 aromatic rings. The summed E-state index contributed by atoms with van der Waals surface area (Å²) >= 11 is 3.29. The Morgan fingerprint density at radius 2 is 2.20 bits per heavy atom. The Kier molecular flexibility index (Phi) is 5.06. The molecule has 1 aromatic carbocycles. The van der Waals surface area contributed by atoms with Gasteiger partial charge in [-0.05, 0) is 59.6 Å². The Balaban J connectivity index is 2.21. The van der Waals surface area contributed by atoms with E-state index in [4.69, 9.17) is 4.74 Å². The van der Waals surface area contributed by atoms with E-state index in [1.165, 1.54) is 0 Å². The Morgan fingerprint density at radius 1 is 1.45 bits per heavy atom. The second kappa shape index (κ2) is 6.43. The zero-order valence-electron chi connectivity index (χ0n) is 11.5. The Morgan fingerprint density at radius 3 is 2.80 bits per heavy atom. The van der Waals surface area contributed by atoms with Crippen LogP contribution >= 0.6 is 15.9 Å². The molecule has 1 aliphatic heterocycles. The van der Waals surface area contributed by atoms with E-state index in [1.807, 2.05) is 6.92 Å². The van der Waals surface area contributed by atoms with E-state index in [0.29, 0.717) is 10.2 Å². The molecule has 1 fully saturated rings. The molecule has 5 nitrogen and oxygen atoms in total. The fraction of sp³-hybridized carbons (Fsp3) is 0.538. The highest BCUT2D eigenvalue weighted by atomic mass is 79.9. The van der Waals surface area contributed by atoms with Crippen LogP contribution in [-0.4, -0.2) is 34.7 Å². The summed E-state index contributed by atoms with van der Waals surface area (Å²) < 4.78 is 33.3. The Hall–Kier alpha value is -0.630. The van der Waals surface area contributed by atoms with Crippen molar-refractivity contribution in [3.05, 3.63) is 22.7 Å². The van der Waals surface area contributed by atoms with Gasteiger partial charge in [0.2, 0.25) is 10.0 Å². The molecule has 1 saturated heterocycles. The maximum atomic E-state index is 12.5. The predicted molar refractivity (Wildman–Crippen MR) is 81.5 cm³/mol. The van der Waals surface area contributed by atoms with Crippen LogP contribution in [-0.2, 0) is 10.0 Å². The highest BCUT2D eigenvalue weighted by Gasteiger charge is 2.27. The minimum atomic E-state index is -3.53. The van der Waals surface area contributed by atoms with Gasteiger partial charge in [0.15, 0.2) is 0 Å².